The van der Waals surface area contributed by atoms with Crippen molar-refractivity contribution in [3.05, 3.63) is 6.61 Å². The molecule has 1 aliphatic heterocycles. The van der Waals surface area contributed by atoms with Crippen LogP contribution in [0.5, 0.6) is 0 Å². The maximum Gasteiger partial charge on any atom is 0.0863 e. The van der Waals surface area contributed by atoms with Gasteiger partial charge < -0.3 is 9.47 Å². The third-order valence-electron chi connectivity index (χ3n) is 1.15. The van der Waals surface area contributed by atoms with Crippen LogP contribution in [-0.4, -0.2) is 19.3 Å². The van der Waals surface area contributed by atoms with Crippen LogP contribution in [0.15, 0.2) is 0 Å². The molecule has 0 bridgehead atoms. The SMILES string of the molecule is CC1C[CH]OCCO1. The minimum atomic E-state index is 0.345. The molecular weight excluding hydrogens is 104 g/mol. The normalized spacial score (nSPS) is 31.9. The molecular formula is C6H11O2. The van der Waals surface area contributed by atoms with Crippen molar-refractivity contribution in [2.75, 3.05) is 13.2 Å². The molecule has 1 radical (unpaired) electrons. The van der Waals surface area contributed by atoms with Gasteiger partial charge in [0.1, 0.15) is 0 Å². The van der Waals surface area contributed by atoms with Crippen LogP contribution in [0.3, 0.4) is 0 Å². The minimum Gasteiger partial charge on any atom is -0.376 e. The first kappa shape index (κ1) is 6.05. The van der Waals surface area contributed by atoms with Gasteiger partial charge in [0.05, 0.1) is 25.9 Å². The topological polar surface area (TPSA) is 18.5 Å². The molecule has 1 unspecified atom stereocenters. The lowest BCUT2D eigenvalue weighted by Crippen LogP contribution is -2.06. The van der Waals surface area contributed by atoms with Gasteiger partial charge in [0.25, 0.3) is 0 Å². The summed E-state index contributed by atoms with van der Waals surface area (Å²) in [6.07, 6.45) is 1.26. The van der Waals surface area contributed by atoms with Gasteiger partial charge in [0, 0.05) is 6.42 Å². The van der Waals surface area contributed by atoms with Crippen molar-refractivity contribution in [3.63, 3.8) is 0 Å². The highest BCUT2D eigenvalue weighted by Gasteiger charge is 2.05. The van der Waals surface area contributed by atoms with Gasteiger partial charge in [-0.15, -0.1) is 0 Å². The molecule has 0 N–H and O–H groups in total. The molecule has 8 heavy (non-hydrogen) atoms. The van der Waals surface area contributed by atoms with Crippen LogP contribution in [0.4, 0.5) is 0 Å². The van der Waals surface area contributed by atoms with E-state index >= 15 is 0 Å². The first-order valence-corrected chi connectivity index (χ1v) is 2.94. The summed E-state index contributed by atoms with van der Waals surface area (Å²) < 4.78 is 10.3. The predicted molar refractivity (Wildman–Crippen MR) is 30.3 cm³/mol. The minimum absolute atomic E-state index is 0.345. The molecule has 0 aromatic carbocycles. The molecule has 1 heterocycles. The summed E-state index contributed by atoms with van der Waals surface area (Å²) >= 11 is 0. The summed E-state index contributed by atoms with van der Waals surface area (Å²) in [6.45, 7) is 5.31. The van der Waals surface area contributed by atoms with Crippen molar-refractivity contribution in [2.24, 2.45) is 0 Å². The first-order chi connectivity index (χ1) is 3.89. The van der Waals surface area contributed by atoms with Gasteiger partial charge in [-0.05, 0) is 6.92 Å². The second-order valence-electron chi connectivity index (χ2n) is 1.95. The van der Waals surface area contributed by atoms with Crippen molar-refractivity contribution in [3.8, 4) is 0 Å². The fraction of sp³-hybridized carbons (Fsp3) is 0.833. The van der Waals surface area contributed by atoms with Crippen LogP contribution in [-0.2, 0) is 9.47 Å². The molecule has 0 spiro atoms. The lowest BCUT2D eigenvalue weighted by molar-refractivity contribution is 0.0657. The molecule has 47 valence electrons. The molecule has 1 fully saturated rings. The molecule has 0 aromatic heterocycles. The van der Waals surface area contributed by atoms with Crippen LogP contribution in [0.25, 0.3) is 0 Å². The van der Waals surface area contributed by atoms with E-state index in [2.05, 4.69) is 0 Å². The molecule has 1 atom stereocenters. The Balaban J connectivity index is 2.17. The Kier molecular flexibility index (Phi) is 2.30. The number of hydrogen-bond donors (Lipinski definition) is 0. The summed E-state index contributed by atoms with van der Waals surface area (Å²) in [6, 6.07) is 0. The molecule has 0 amide bonds. The molecule has 2 nitrogen and oxygen atoms in total. The Morgan fingerprint density at radius 1 is 1.50 bits per heavy atom. The van der Waals surface area contributed by atoms with Crippen LogP contribution in [0.1, 0.15) is 13.3 Å². The lowest BCUT2D eigenvalue weighted by Gasteiger charge is -2.04. The molecule has 1 rings (SSSR count). The Hall–Kier alpha value is -0.0800. The van der Waals surface area contributed by atoms with Crippen molar-refractivity contribution < 1.29 is 9.47 Å². The molecule has 2 heteroatoms. The summed E-state index contributed by atoms with van der Waals surface area (Å²) in [5, 5.41) is 0. The fourth-order valence-corrected chi connectivity index (χ4v) is 0.652. The van der Waals surface area contributed by atoms with Gasteiger partial charge >= 0.3 is 0 Å². The van der Waals surface area contributed by atoms with E-state index < -0.39 is 0 Å². The summed E-state index contributed by atoms with van der Waals surface area (Å²) in [4.78, 5) is 0. The van der Waals surface area contributed by atoms with Crippen molar-refractivity contribution in [2.45, 2.75) is 19.4 Å². The fourth-order valence-electron chi connectivity index (χ4n) is 0.652. The van der Waals surface area contributed by atoms with Gasteiger partial charge in [0.15, 0.2) is 0 Å². The van der Waals surface area contributed by atoms with Gasteiger partial charge in [-0.2, -0.15) is 0 Å². The second kappa shape index (κ2) is 3.05. The predicted octanol–water partition coefficient (Wildman–Crippen LogP) is 0.974. The average Bonchev–Trinajstić information content (AvgIpc) is 1.94. The highest BCUT2D eigenvalue weighted by Crippen LogP contribution is 2.04. The maximum absolute atomic E-state index is 5.25. The smallest absolute Gasteiger partial charge is 0.0863 e. The largest absolute Gasteiger partial charge is 0.376 e. The van der Waals surface area contributed by atoms with Crippen LogP contribution in [0.2, 0.25) is 0 Å². The van der Waals surface area contributed by atoms with Crippen molar-refractivity contribution in [1.29, 1.82) is 0 Å². The summed E-state index contributed by atoms with van der Waals surface area (Å²) in [5.74, 6) is 0. The van der Waals surface area contributed by atoms with Gasteiger partial charge in [-0.3, -0.25) is 0 Å². The first-order valence-electron chi connectivity index (χ1n) is 2.94. The Bertz CT molecular complexity index is 55.5. The van der Waals surface area contributed by atoms with E-state index in [-0.39, 0.29) is 0 Å². The molecule has 1 saturated heterocycles. The summed E-state index contributed by atoms with van der Waals surface area (Å²) in [7, 11) is 0. The number of ether oxygens (including phenoxy) is 2. The van der Waals surface area contributed by atoms with Crippen LogP contribution >= 0.6 is 0 Å². The van der Waals surface area contributed by atoms with E-state index in [4.69, 9.17) is 9.47 Å². The highest BCUT2D eigenvalue weighted by molar-refractivity contribution is 4.61. The molecule has 0 saturated carbocycles. The zero-order chi connectivity index (χ0) is 5.82. The van der Waals surface area contributed by atoms with Gasteiger partial charge in [0.2, 0.25) is 0 Å². The molecule has 0 aromatic rings. The standard InChI is InChI=1S/C6H11O2/c1-6-2-3-7-4-5-8-6/h3,6H,2,4-5H2,1H3. The highest BCUT2D eigenvalue weighted by atomic mass is 16.5. The third-order valence-corrected chi connectivity index (χ3v) is 1.15. The zero-order valence-electron chi connectivity index (χ0n) is 5.09. The second-order valence-corrected chi connectivity index (χ2v) is 1.95. The summed E-state index contributed by atoms with van der Waals surface area (Å²) in [5.41, 5.74) is 0. The van der Waals surface area contributed by atoms with Crippen LogP contribution < -0.4 is 0 Å². The third kappa shape index (κ3) is 1.80. The van der Waals surface area contributed by atoms with E-state index in [0.717, 1.165) is 13.0 Å². The lowest BCUT2D eigenvalue weighted by atomic mass is 10.3. The number of hydrogen-bond acceptors (Lipinski definition) is 2. The Morgan fingerprint density at radius 2 is 2.38 bits per heavy atom. The Morgan fingerprint density at radius 3 is 3.25 bits per heavy atom. The van der Waals surface area contributed by atoms with E-state index in [9.17, 15) is 0 Å². The van der Waals surface area contributed by atoms with Crippen molar-refractivity contribution >= 4 is 0 Å². The van der Waals surface area contributed by atoms with Gasteiger partial charge in [-0.25, -0.2) is 0 Å². The molecule has 1 aliphatic rings. The van der Waals surface area contributed by atoms with Gasteiger partial charge in [-0.1, -0.05) is 0 Å². The average molecular weight is 115 g/mol. The maximum atomic E-state index is 5.25. The van der Waals surface area contributed by atoms with E-state index in [1.807, 2.05) is 13.5 Å². The van der Waals surface area contributed by atoms with E-state index in [0.29, 0.717) is 12.7 Å². The quantitative estimate of drug-likeness (QED) is 0.468. The molecule has 0 aliphatic carbocycles. The van der Waals surface area contributed by atoms with Crippen molar-refractivity contribution in [1.82, 2.24) is 0 Å². The zero-order valence-corrected chi connectivity index (χ0v) is 5.09. The number of rotatable bonds is 0. The van der Waals surface area contributed by atoms with E-state index in [1.165, 1.54) is 0 Å². The van der Waals surface area contributed by atoms with E-state index in [1.54, 1.807) is 0 Å². The monoisotopic (exact) mass is 115 g/mol. The Labute approximate surface area is 49.8 Å². The van der Waals surface area contributed by atoms with Crippen LogP contribution in [0, 0.1) is 6.61 Å².